The molecule has 10 heteroatoms. The van der Waals surface area contributed by atoms with Crippen LogP contribution in [0.5, 0.6) is 0 Å². The first-order chi connectivity index (χ1) is 15.3. The van der Waals surface area contributed by atoms with Crippen molar-refractivity contribution in [2.45, 2.75) is 19.5 Å². The number of fused-ring (bicyclic) bond motifs is 1. The summed E-state index contributed by atoms with van der Waals surface area (Å²) in [6.45, 7) is 13.0. The van der Waals surface area contributed by atoms with Gasteiger partial charge in [-0.05, 0) is 25.8 Å². The number of hydrogen-bond donors (Lipinski definition) is 2. The second-order valence-electron chi connectivity index (χ2n) is 6.81. The molecule has 0 spiro atoms. The second-order valence-corrected chi connectivity index (χ2v) is 7.35. The third kappa shape index (κ3) is 5.50. The van der Waals surface area contributed by atoms with E-state index in [2.05, 4.69) is 42.6 Å². The summed E-state index contributed by atoms with van der Waals surface area (Å²) in [6.07, 6.45) is 1.95. The number of allylic oxidation sites excluding steroid dienone is 3. The Morgan fingerprint density at radius 3 is 2.78 bits per heavy atom. The number of aromatic nitrogens is 2. The van der Waals surface area contributed by atoms with Gasteiger partial charge < -0.3 is 14.7 Å². The van der Waals surface area contributed by atoms with Crippen LogP contribution < -0.4 is 0 Å². The third-order valence-corrected chi connectivity index (χ3v) is 5.15. The Labute approximate surface area is 191 Å². The lowest BCUT2D eigenvalue weighted by molar-refractivity contribution is -0.129. The maximum Gasteiger partial charge on any atom is 0.246 e. The summed E-state index contributed by atoms with van der Waals surface area (Å²) in [5.74, 6) is -1.11. The SMILES string of the molecule is C=CC(=O)N1CCn2nc(\C(N=C)=C(C(=C)S)/C(COCCO)=C(F)/C=C/F)cc2[C@@H]1C. The van der Waals surface area contributed by atoms with Gasteiger partial charge in [0, 0.05) is 28.7 Å². The fourth-order valence-electron chi connectivity index (χ4n) is 3.43. The average Bonchev–Trinajstić information content (AvgIpc) is 3.20. The monoisotopic (exact) mass is 464 g/mol. The lowest BCUT2D eigenvalue weighted by atomic mass is 10.0. The van der Waals surface area contributed by atoms with Crippen molar-refractivity contribution >= 4 is 31.0 Å². The van der Waals surface area contributed by atoms with E-state index in [0.29, 0.717) is 24.9 Å². The van der Waals surface area contributed by atoms with Gasteiger partial charge in [0.05, 0.1) is 50.1 Å². The molecule has 0 bridgehead atoms. The maximum atomic E-state index is 14.7. The Hall–Kier alpha value is -2.82. The molecule has 0 saturated carbocycles. The van der Waals surface area contributed by atoms with Crippen molar-refractivity contribution in [2.24, 2.45) is 4.99 Å². The van der Waals surface area contributed by atoms with E-state index in [4.69, 9.17) is 9.84 Å². The smallest absolute Gasteiger partial charge is 0.246 e. The zero-order valence-corrected chi connectivity index (χ0v) is 18.7. The van der Waals surface area contributed by atoms with Crippen molar-refractivity contribution in [3.8, 4) is 0 Å². The third-order valence-electron chi connectivity index (χ3n) is 4.92. The highest BCUT2D eigenvalue weighted by atomic mass is 32.1. The van der Waals surface area contributed by atoms with E-state index in [1.807, 2.05) is 6.92 Å². The first kappa shape index (κ1) is 25.4. The van der Waals surface area contributed by atoms with E-state index in [1.165, 1.54) is 6.08 Å². The molecule has 0 unspecified atom stereocenters. The molecular weight excluding hydrogens is 438 g/mol. The van der Waals surface area contributed by atoms with Crippen LogP contribution in [0.1, 0.15) is 24.4 Å². The molecule has 2 heterocycles. The first-order valence-corrected chi connectivity index (χ1v) is 10.2. The fraction of sp³-hybridized carbons (Fsp3) is 0.318. The molecule has 0 saturated heterocycles. The molecule has 0 aromatic carbocycles. The molecule has 1 aromatic heterocycles. The summed E-state index contributed by atoms with van der Waals surface area (Å²) >= 11 is 4.28. The topological polar surface area (TPSA) is 80.0 Å². The van der Waals surface area contributed by atoms with Crippen LogP contribution in [-0.2, 0) is 16.1 Å². The van der Waals surface area contributed by atoms with Gasteiger partial charge in [0.15, 0.2) is 0 Å². The Kier molecular flexibility index (Phi) is 9.30. The van der Waals surface area contributed by atoms with E-state index in [0.717, 1.165) is 5.69 Å². The normalized spacial score (nSPS) is 17.5. The largest absolute Gasteiger partial charge is 0.394 e. The summed E-state index contributed by atoms with van der Waals surface area (Å²) in [5.41, 5.74) is 1.34. The van der Waals surface area contributed by atoms with Crippen molar-refractivity contribution in [3.05, 3.63) is 71.0 Å². The second kappa shape index (κ2) is 11.7. The van der Waals surface area contributed by atoms with Gasteiger partial charge in [0.2, 0.25) is 5.91 Å². The van der Waals surface area contributed by atoms with Gasteiger partial charge >= 0.3 is 0 Å². The molecule has 0 aliphatic carbocycles. The fourth-order valence-corrected chi connectivity index (χ4v) is 3.67. The van der Waals surface area contributed by atoms with Crippen molar-refractivity contribution in [1.29, 1.82) is 0 Å². The highest BCUT2D eigenvalue weighted by Gasteiger charge is 2.29. The van der Waals surface area contributed by atoms with Crippen molar-refractivity contribution in [2.75, 3.05) is 26.4 Å². The Morgan fingerprint density at radius 1 is 1.50 bits per heavy atom. The molecule has 1 aliphatic heterocycles. The maximum absolute atomic E-state index is 14.7. The van der Waals surface area contributed by atoms with Gasteiger partial charge in [-0.1, -0.05) is 13.2 Å². The van der Waals surface area contributed by atoms with Crippen LogP contribution in [0.4, 0.5) is 8.78 Å². The lowest BCUT2D eigenvalue weighted by Gasteiger charge is -2.33. The molecule has 0 fully saturated rings. The van der Waals surface area contributed by atoms with Crippen LogP contribution in [0.15, 0.2) is 64.6 Å². The molecule has 172 valence electrons. The summed E-state index contributed by atoms with van der Waals surface area (Å²) in [4.78, 5) is 18.0. The van der Waals surface area contributed by atoms with E-state index in [1.54, 1.807) is 15.6 Å². The molecule has 32 heavy (non-hydrogen) atoms. The average molecular weight is 465 g/mol. The van der Waals surface area contributed by atoms with Gasteiger partial charge in [-0.25, -0.2) is 8.78 Å². The number of rotatable bonds is 10. The van der Waals surface area contributed by atoms with E-state index >= 15 is 0 Å². The van der Waals surface area contributed by atoms with Gasteiger partial charge in [-0.2, -0.15) is 5.10 Å². The summed E-state index contributed by atoms with van der Waals surface area (Å²) in [7, 11) is 0. The molecule has 1 aliphatic rings. The van der Waals surface area contributed by atoms with Crippen LogP contribution in [0, 0.1) is 0 Å². The first-order valence-electron chi connectivity index (χ1n) is 9.75. The summed E-state index contributed by atoms with van der Waals surface area (Å²) in [6, 6.07) is 1.45. The molecule has 7 nitrogen and oxygen atoms in total. The Morgan fingerprint density at radius 2 is 2.22 bits per heavy atom. The minimum atomic E-state index is -0.920. The van der Waals surface area contributed by atoms with Crippen LogP contribution in [-0.4, -0.2) is 58.8 Å². The minimum absolute atomic E-state index is 0.0528. The Bertz CT molecular complexity index is 997. The molecule has 1 N–H and O–H groups in total. The van der Waals surface area contributed by atoms with E-state index in [-0.39, 0.29) is 59.8 Å². The zero-order valence-electron chi connectivity index (χ0n) is 17.8. The van der Waals surface area contributed by atoms with Crippen LogP contribution >= 0.6 is 12.6 Å². The standard InChI is InChI=1S/C22H26F2N4O3S/c1-5-20(30)27-8-9-28-19(14(27)2)12-18(26-28)22(25-4)21(15(3)32)16(13-31-11-10-29)17(24)6-7-23/h5-7,12,14,29,32H,1,3-4,8-11,13H2,2H3/b7-6+,17-16-,22-21+/t14-/m0/s1. The number of carbonyl (C=O) groups is 1. The van der Waals surface area contributed by atoms with Crippen LogP contribution in [0.2, 0.25) is 0 Å². The van der Waals surface area contributed by atoms with Gasteiger partial charge in [0.1, 0.15) is 11.5 Å². The van der Waals surface area contributed by atoms with Crippen molar-refractivity contribution < 1.29 is 23.4 Å². The number of aliphatic hydroxyl groups excluding tert-OH is 1. The molecule has 1 amide bonds. The molecule has 0 radical (unpaired) electrons. The number of carbonyl (C=O) groups excluding carboxylic acids is 1. The quantitative estimate of drug-likeness (QED) is 0.183. The van der Waals surface area contributed by atoms with Crippen molar-refractivity contribution in [1.82, 2.24) is 14.7 Å². The number of thiol groups is 1. The van der Waals surface area contributed by atoms with Crippen LogP contribution in [0.3, 0.4) is 0 Å². The molecular formula is C22H26F2N4O3S. The van der Waals surface area contributed by atoms with Gasteiger partial charge in [-0.15, -0.1) is 12.6 Å². The number of aliphatic imine (C=N–C) groups is 1. The molecule has 1 aromatic rings. The number of halogens is 2. The van der Waals surface area contributed by atoms with Crippen LogP contribution in [0.25, 0.3) is 5.70 Å². The number of aliphatic hydroxyl groups is 1. The van der Waals surface area contributed by atoms with Crippen molar-refractivity contribution in [3.63, 3.8) is 0 Å². The highest BCUT2D eigenvalue weighted by Crippen LogP contribution is 2.35. The highest BCUT2D eigenvalue weighted by molar-refractivity contribution is 7.84. The lowest BCUT2D eigenvalue weighted by Crippen LogP contribution is -2.40. The number of hydrogen-bond acceptors (Lipinski definition) is 6. The Balaban J connectivity index is 2.63. The van der Waals surface area contributed by atoms with Gasteiger partial charge in [0.25, 0.3) is 0 Å². The number of ether oxygens (including phenoxy) is 1. The molecule has 2 rings (SSSR count). The number of nitrogens with zero attached hydrogens (tertiary/aromatic N) is 4. The predicted molar refractivity (Wildman–Crippen MR) is 123 cm³/mol. The van der Waals surface area contributed by atoms with E-state index < -0.39 is 5.83 Å². The predicted octanol–water partition coefficient (Wildman–Crippen LogP) is 3.54. The summed E-state index contributed by atoms with van der Waals surface area (Å²) < 4.78 is 34.5. The summed E-state index contributed by atoms with van der Waals surface area (Å²) in [5, 5.41) is 13.5. The zero-order chi connectivity index (χ0) is 23.8. The van der Waals surface area contributed by atoms with Gasteiger partial charge in [-0.3, -0.25) is 14.5 Å². The van der Waals surface area contributed by atoms with E-state index in [9.17, 15) is 13.6 Å². The minimum Gasteiger partial charge on any atom is -0.394 e. The molecule has 1 atom stereocenters. The number of amides is 1.